The van der Waals surface area contributed by atoms with Crippen LogP contribution in [-0.4, -0.2) is 41.0 Å². The predicted octanol–water partition coefficient (Wildman–Crippen LogP) is 2.72. The van der Waals surface area contributed by atoms with E-state index in [4.69, 9.17) is 0 Å². The summed E-state index contributed by atoms with van der Waals surface area (Å²) in [7, 11) is 3.15. The van der Waals surface area contributed by atoms with Gasteiger partial charge >= 0.3 is 12.0 Å². The second-order valence-electron chi connectivity index (χ2n) is 4.21. The number of urea groups is 1. The minimum Gasteiger partial charge on any atom is -0.478 e. The average molecular weight is 276 g/mol. The summed E-state index contributed by atoms with van der Waals surface area (Å²) in [5.74, 6) is -1.02. The second kappa shape index (κ2) is 6.75. The lowest BCUT2D eigenvalue weighted by Crippen LogP contribution is -2.44. The summed E-state index contributed by atoms with van der Waals surface area (Å²) in [5.41, 5.74) is 0.973. The zero-order valence-electron chi connectivity index (χ0n) is 12.2. The number of carboxylic acids is 1. The van der Waals surface area contributed by atoms with Gasteiger partial charge in [0.1, 0.15) is 0 Å². The van der Waals surface area contributed by atoms with E-state index in [-0.39, 0.29) is 11.6 Å². The Morgan fingerprint density at radius 2 is 1.70 bits per heavy atom. The monoisotopic (exact) mass is 276 g/mol. The van der Waals surface area contributed by atoms with E-state index < -0.39 is 12.0 Å². The highest BCUT2D eigenvalue weighted by Gasteiger charge is 2.34. The van der Waals surface area contributed by atoms with Gasteiger partial charge in [0.2, 0.25) is 0 Å². The van der Waals surface area contributed by atoms with Crippen molar-refractivity contribution < 1.29 is 14.7 Å². The average Bonchev–Trinajstić information content (AvgIpc) is 2.47. The Bertz CT molecular complexity index is 511. The first-order chi connectivity index (χ1) is 9.52. The number of benzene rings is 1. The van der Waals surface area contributed by atoms with E-state index in [2.05, 4.69) is 0 Å². The molecule has 20 heavy (non-hydrogen) atoms. The fourth-order valence-corrected chi connectivity index (χ4v) is 2.11. The molecule has 0 fully saturated rings. The Balaban J connectivity index is 0.000000956. The number of aliphatic carboxylic acids is 1. The topological polar surface area (TPSA) is 60.9 Å². The number of likely N-dealkylation sites (N-methyl/N-ethyl adjacent to an activating group) is 1. The fourth-order valence-electron chi connectivity index (χ4n) is 2.11. The number of carbonyl (C=O) groups excluding carboxylic acids is 1. The minimum atomic E-state index is -1.02. The Hall–Kier alpha value is -2.30. The number of hydrogen-bond donors (Lipinski definition) is 1. The highest BCUT2D eigenvalue weighted by molar-refractivity contribution is 5.92. The second-order valence-corrected chi connectivity index (χ2v) is 4.21. The maximum absolute atomic E-state index is 11.9. The lowest BCUT2D eigenvalue weighted by molar-refractivity contribution is -0.133. The van der Waals surface area contributed by atoms with Crippen LogP contribution in [0.1, 0.15) is 25.5 Å². The number of amides is 2. The van der Waals surface area contributed by atoms with Crippen molar-refractivity contribution in [1.82, 2.24) is 9.80 Å². The smallest absolute Gasteiger partial charge is 0.335 e. The molecule has 0 spiro atoms. The van der Waals surface area contributed by atoms with Crippen molar-refractivity contribution >= 4 is 12.0 Å². The first-order valence-corrected chi connectivity index (χ1v) is 6.52. The van der Waals surface area contributed by atoms with Crippen LogP contribution >= 0.6 is 0 Å². The molecule has 1 atom stereocenters. The van der Waals surface area contributed by atoms with Crippen LogP contribution in [0.4, 0.5) is 4.79 Å². The SMILES string of the molecule is CC.CN1C=C(C(=O)O)C(c2ccccc2)N(C)C1=O. The van der Waals surface area contributed by atoms with Gasteiger partial charge in [-0.15, -0.1) is 0 Å². The molecule has 5 nitrogen and oxygen atoms in total. The van der Waals surface area contributed by atoms with Gasteiger partial charge in [-0.3, -0.25) is 0 Å². The maximum atomic E-state index is 11.9. The van der Waals surface area contributed by atoms with E-state index in [1.807, 2.05) is 44.2 Å². The molecule has 0 bridgehead atoms. The molecule has 0 aromatic heterocycles. The van der Waals surface area contributed by atoms with Gasteiger partial charge in [0.15, 0.2) is 0 Å². The summed E-state index contributed by atoms with van der Waals surface area (Å²) < 4.78 is 0. The van der Waals surface area contributed by atoms with Crippen LogP contribution in [0.15, 0.2) is 42.1 Å². The molecule has 0 saturated heterocycles. The summed E-state index contributed by atoms with van der Waals surface area (Å²) >= 11 is 0. The Morgan fingerprint density at radius 1 is 1.15 bits per heavy atom. The van der Waals surface area contributed by atoms with E-state index in [0.717, 1.165) is 5.56 Å². The Kier molecular flexibility index (Phi) is 5.32. The molecule has 1 aliphatic heterocycles. The van der Waals surface area contributed by atoms with Crippen molar-refractivity contribution in [1.29, 1.82) is 0 Å². The van der Waals surface area contributed by atoms with E-state index >= 15 is 0 Å². The van der Waals surface area contributed by atoms with Gasteiger partial charge in [-0.05, 0) is 5.56 Å². The highest BCUT2D eigenvalue weighted by atomic mass is 16.4. The number of hydrogen-bond acceptors (Lipinski definition) is 2. The van der Waals surface area contributed by atoms with Crippen molar-refractivity contribution in [3.05, 3.63) is 47.7 Å². The number of carbonyl (C=O) groups is 2. The van der Waals surface area contributed by atoms with Crippen molar-refractivity contribution in [3.8, 4) is 0 Å². The van der Waals surface area contributed by atoms with E-state index in [1.165, 1.54) is 16.0 Å². The van der Waals surface area contributed by atoms with Crippen molar-refractivity contribution in [2.75, 3.05) is 14.1 Å². The zero-order chi connectivity index (χ0) is 15.3. The maximum Gasteiger partial charge on any atom is 0.335 e. The number of rotatable bonds is 2. The molecular weight excluding hydrogens is 256 g/mol. The Labute approximate surface area is 119 Å². The first-order valence-electron chi connectivity index (χ1n) is 6.52. The van der Waals surface area contributed by atoms with Crippen molar-refractivity contribution in [3.63, 3.8) is 0 Å². The van der Waals surface area contributed by atoms with Gasteiger partial charge in [0, 0.05) is 20.3 Å². The Morgan fingerprint density at radius 3 is 2.20 bits per heavy atom. The molecule has 0 saturated carbocycles. The molecule has 108 valence electrons. The van der Waals surface area contributed by atoms with Gasteiger partial charge in [-0.1, -0.05) is 44.2 Å². The van der Waals surface area contributed by atoms with Crippen molar-refractivity contribution in [2.24, 2.45) is 0 Å². The molecule has 1 aliphatic rings. The van der Waals surface area contributed by atoms with E-state index in [0.29, 0.717) is 0 Å². The number of carboxylic acid groups (broad SMARTS) is 1. The van der Waals surface area contributed by atoms with E-state index in [1.54, 1.807) is 14.1 Å². The normalized spacial score (nSPS) is 18.1. The molecule has 1 unspecified atom stereocenters. The summed E-state index contributed by atoms with van der Waals surface area (Å²) in [6.45, 7) is 4.00. The molecule has 5 heteroatoms. The molecule has 1 N–H and O–H groups in total. The summed E-state index contributed by atoms with van der Waals surface area (Å²) in [4.78, 5) is 25.9. The zero-order valence-corrected chi connectivity index (χ0v) is 12.2. The van der Waals surface area contributed by atoms with Crippen LogP contribution < -0.4 is 0 Å². The lowest BCUT2D eigenvalue weighted by atomic mass is 9.96. The highest BCUT2D eigenvalue weighted by Crippen LogP contribution is 2.31. The van der Waals surface area contributed by atoms with Gasteiger partial charge in [0.25, 0.3) is 0 Å². The lowest BCUT2D eigenvalue weighted by Gasteiger charge is -2.36. The summed E-state index contributed by atoms with van der Waals surface area (Å²) in [6, 6.07) is 8.36. The molecular formula is C15H20N2O3. The number of nitrogens with zero attached hydrogens (tertiary/aromatic N) is 2. The van der Waals surface area contributed by atoms with Gasteiger partial charge in [-0.25, -0.2) is 9.59 Å². The quantitative estimate of drug-likeness (QED) is 0.903. The van der Waals surface area contributed by atoms with Gasteiger partial charge in [-0.2, -0.15) is 0 Å². The molecule has 1 aromatic carbocycles. The first kappa shape index (κ1) is 15.8. The van der Waals surface area contributed by atoms with Crippen LogP contribution in [-0.2, 0) is 4.79 Å². The summed E-state index contributed by atoms with van der Waals surface area (Å²) in [6.07, 6.45) is 1.38. The third-order valence-electron chi connectivity index (χ3n) is 2.98. The molecule has 0 radical (unpaired) electrons. The van der Waals surface area contributed by atoms with Gasteiger partial charge < -0.3 is 14.9 Å². The largest absolute Gasteiger partial charge is 0.478 e. The van der Waals surface area contributed by atoms with Crippen LogP contribution in [0.3, 0.4) is 0 Å². The van der Waals surface area contributed by atoms with E-state index in [9.17, 15) is 14.7 Å². The van der Waals surface area contributed by atoms with Crippen LogP contribution in [0.25, 0.3) is 0 Å². The fraction of sp³-hybridized carbons (Fsp3) is 0.333. The van der Waals surface area contributed by atoms with Gasteiger partial charge in [0.05, 0.1) is 11.6 Å². The summed E-state index contributed by atoms with van der Waals surface area (Å²) in [5, 5.41) is 9.26. The minimum absolute atomic E-state index is 0.186. The predicted molar refractivity (Wildman–Crippen MR) is 77.2 cm³/mol. The molecule has 2 rings (SSSR count). The third kappa shape index (κ3) is 2.99. The standard InChI is InChI=1S/C13H14N2O3.C2H6/c1-14-8-10(12(16)17)11(15(2)13(14)18)9-6-4-3-5-7-9;1-2/h3-8,11H,1-2H3,(H,16,17);1-2H3. The van der Waals surface area contributed by atoms with Crippen LogP contribution in [0, 0.1) is 0 Å². The van der Waals surface area contributed by atoms with Crippen LogP contribution in [0.2, 0.25) is 0 Å². The van der Waals surface area contributed by atoms with Crippen LogP contribution in [0.5, 0.6) is 0 Å². The molecule has 2 amide bonds. The molecule has 1 aromatic rings. The molecule has 1 heterocycles. The molecule has 0 aliphatic carbocycles. The van der Waals surface area contributed by atoms with Crippen molar-refractivity contribution in [2.45, 2.75) is 19.9 Å². The third-order valence-corrected chi connectivity index (χ3v) is 2.98.